The zero-order chi connectivity index (χ0) is 19.2. The maximum absolute atomic E-state index is 12.4. The van der Waals surface area contributed by atoms with E-state index in [1.807, 2.05) is 24.3 Å². The van der Waals surface area contributed by atoms with E-state index in [-0.39, 0.29) is 5.91 Å². The maximum Gasteiger partial charge on any atom is 0.272 e. The first-order valence-electron chi connectivity index (χ1n) is 11.0. The highest BCUT2D eigenvalue weighted by Crippen LogP contribution is 2.23. The van der Waals surface area contributed by atoms with Gasteiger partial charge in [0.05, 0.1) is 5.52 Å². The fourth-order valence-electron chi connectivity index (χ4n) is 4.68. The van der Waals surface area contributed by atoms with E-state index < -0.39 is 0 Å². The number of hydrogen-bond donors (Lipinski definition) is 2. The van der Waals surface area contributed by atoms with Crippen LogP contribution >= 0.6 is 0 Å². The number of aromatic amines is 1. The van der Waals surface area contributed by atoms with Gasteiger partial charge in [0.15, 0.2) is 5.69 Å². The molecule has 0 spiro atoms. The topological polar surface area (TPSA) is 64.3 Å². The Morgan fingerprint density at radius 3 is 2.68 bits per heavy atom. The van der Waals surface area contributed by atoms with Crippen LogP contribution in [0.2, 0.25) is 0 Å². The molecule has 28 heavy (non-hydrogen) atoms. The van der Waals surface area contributed by atoms with Crippen LogP contribution < -0.4 is 5.32 Å². The molecule has 2 heterocycles. The van der Waals surface area contributed by atoms with Gasteiger partial charge in [0.2, 0.25) is 0 Å². The van der Waals surface area contributed by atoms with E-state index >= 15 is 0 Å². The summed E-state index contributed by atoms with van der Waals surface area (Å²) in [7, 11) is 0. The molecule has 1 aliphatic carbocycles. The van der Waals surface area contributed by atoms with Crippen LogP contribution in [0.4, 0.5) is 0 Å². The van der Waals surface area contributed by atoms with E-state index in [0.717, 1.165) is 36.3 Å². The monoisotopic (exact) mass is 383 g/mol. The fourth-order valence-corrected chi connectivity index (χ4v) is 4.68. The molecule has 0 radical (unpaired) electrons. The number of rotatable bonds is 7. The van der Waals surface area contributed by atoms with Crippen LogP contribution in [0.15, 0.2) is 24.3 Å². The average molecular weight is 384 g/mol. The third kappa shape index (κ3) is 4.73. The molecule has 0 unspecified atom stereocenters. The molecule has 1 saturated heterocycles. The smallest absolute Gasteiger partial charge is 0.272 e. The van der Waals surface area contributed by atoms with Gasteiger partial charge >= 0.3 is 0 Å². The van der Waals surface area contributed by atoms with Gasteiger partial charge in [-0.05, 0) is 38.3 Å². The number of amides is 1. The lowest BCUT2D eigenvalue weighted by Gasteiger charge is -2.40. The third-order valence-electron chi connectivity index (χ3n) is 6.37. The van der Waals surface area contributed by atoms with Gasteiger partial charge in [0, 0.05) is 44.2 Å². The number of fused-ring (bicyclic) bond motifs is 1. The van der Waals surface area contributed by atoms with E-state index in [9.17, 15) is 4.79 Å². The summed E-state index contributed by atoms with van der Waals surface area (Å²) in [5, 5.41) is 11.0. The molecule has 0 bridgehead atoms. The van der Waals surface area contributed by atoms with Crippen LogP contribution in [-0.2, 0) is 0 Å². The average Bonchev–Trinajstić information content (AvgIpc) is 3.19. The van der Waals surface area contributed by atoms with Crippen molar-refractivity contribution < 1.29 is 4.79 Å². The third-order valence-corrected chi connectivity index (χ3v) is 6.37. The Labute approximate surface area is 167 Å². The summed E-state index contributed by atoms with van der Waals surface area (Å²) < 4.78 is 0. The first-order chi connectivity index (χ1) is 13.8. The molecule has 1 saturated carbocycles. The predicted octanol–water partition coefficient (Wildman–Crippen LogP) is 3.02. The fraction of sp³-hybridized carbons (Fsp3) is 0.636. The van der Waals surface area contributed by atoms with Gasteiger partial charge in [-0.1, -0.05) is 37.5 Å². The molecule has 2 aliphatic rings. The summed E-state index contributed by atoms with van der Waals surface area (Å²) in [4.78, 5) is 17.7. The van der Waals surface area contributed by atoms with Gasteiger partial charge in [0.1, 0.15) is 0 Å². The highest BCUT2D eigenvalue weighted by molar-refractivity contribution is 6.04. The zero-order valence-electron chi connectivity index (χ0n) is 16.8. The number of nitrogens with one attached hydrogen (secondary N) is 2. The zero-order valence-corrected chi connectivity index (χ0v) is 16.8. The lowest BCUT2D eigenvalue weighted by molar-refractivity contribution is 0.0781. The molecule has 2 aromatic rings. The van der Waals surface area contributed by atoms with Crippen molar-refractivity contribution in [1.82, 2.24) is 25.3 Å². The molecule has 0 atom stereocenters. The van der Waals surface area contributed by atoms with E-state index in [2.05, 4.69) is 25.3 Å². The van der Waals surface area contributed by atoms with Crippen molar-refractivity contribution in [1.29, 1.82) is 0 Å². The molecule has 2 N–H and O–H groups in total. The van der Waals surface area contributed by atoms with Gasteiger partial charge in [-0.3, -0.25) is 14.8 Å². The molecule has 152 valence electrons. The van der Waals surface area contributed by atoms with Crippen molar-refractivity contribution >= 4 is 16.8 Å². The summed E-state index contributed by atoms with van der Waals surface area (Å²) in [6.45, 7) is 6.70. The number of H-pyrrole nitrogens is 1. The number of aromatic nitrogens is 2. The molecule has 1 aromatic carbocycles. The normalized spacial score (nSPS) is 19.9. The van der Waals surface area contributed by atoms with E-state index in [0.29, 0.717) is 12.2 Å². The number of piperazine rings is 1. The van der Waals surface area contributed by atoms with Gasteiger partial charge < -0.3 is 10.2 Å². The molecule has 4 rings (SSSR count). The number of nitrogens with zero attached hydrogens (tertiary/aromatic N) is 3. The highest BCUT2D eigenvalue weighted by atomic mass is 16.1. The molecule has 6 nitrogen and oxygen atoms in total. The van der Waals surface area contributed by atoms with E-state index in [1.54, 1.807) is 0 Å². The second kappa shape index (κ2) is 9.52. The summed E-state index contributed by atoms with van der Waals surface area (Å²) in [5.41, 5.74) is 1.40. The Bertz CT molecular complexity index is 759. The molecule has 1 amide bonds. The van der Waals surface area contributed by atoms with Gasteiger partial charge in [-0.25, -0.2) is 0 Å². The van der Waals surface area contributed by atoms with Gasteiger partial charge in [-0.2, -0.15) is 5.10 Å². The van der Waals surface area contributed by atoms with Crippen LogP contribution in [0.1, 0.15) is 55.4 Å². The summed E-state index contributed by atoms with van der Waals surface area (Å²) in [6, 6.07) is 8.59. The van der Waals surface area contributed by atoms with Gasteiger partial charge in [0.25, 0.3) is 5.91 Å². The Morgan fingerprint density at radius 2 is 1.86 bits per heavy atom. The van der Waals surface area contributed by atoms with Crippen molar-refractivity contribution in [3.05, 3.63) is 30.0 Å². The molecule has 1 aliphatic heterocycles. The lowest BCUT2D eigenvalue weighted by Crippen LogP contribution is -2.50. The second-order valence-corrected chi connectivity index (χ2v) is 8.25. The number of carbonyl (C=O) groups excluding carboxylic acids is 1. The number of benzene rings is 1. The standard InChI is InChI=1S/C22H33N5O/c28-22(21-19-10-4-5-11-20(19)24-25-21)23-12-6-7-13-26-14-16-27(17-15-26)18-8-2-1-3-9-18/h4-5,10-11,18H,1-3,6-9,12-17H2,(H,23,28)(H,24,25). The van der Waals surface area contributed by atoms with E-state index in [1.165, 1.54) is 58.3 Å². The van der Waals surface area contributed by atoms with Crippen LogP contribution in [-0.4, -0.2) is 71.2 Å². The number of carbonyl (C=O) groups is 1. The molecule has 1 aromatic heterocycles. The van der Waals surface area contributed by atoms with Crippen LogP contribution in [0.3, 0.4) is 0 Å². The first-order valence-corrected chi connectivity index (χ1v) is 11.0. The Hall–Kier alpha value is -1.92. The second-order valence-electron chi connectivity index (χ2n) is 8.25. The minimum absolute atomic E-state index is 0.0847. The molecule has 2 fully saturated rings. The Kier molecular flexibility index (Phi) is 6.60. The Morgan fingerprint density at radius 1 is 1.07 bits per heavy atom. The minimum Gasteiger partial charge on any atom is -0.351 e. The quantitative estimate of drug-likeness (QED) is 0.722. The number of para-hydroxylation sites is 1. The van der Waals surface area contributed by atoms with E-state index in [4.69, 9.17) is 0 Å². The lowest BCUT2D eigenvalue weighted by atomic mass is 9.94. The largest absolute Gasteiger partial charge is 0.351 e. The van der Waals surface area contributed by atoms with Crippen molar-refractivity contribution in [3.8, 4) is 0 Å². The molecular weight excluding hydrogens is 350 g/mol. The summed E-state index contributed by atoms with van der Waals surface area (Å²) >= 11 is 0. The Balaban J connectivity index is 1.12. The molecular formula is C22H33N5O. The number of unbranched alkanes of at least 4 members (excludes halogenated alkanes) is 1. The van der Waals surface area contributed by atoms with Crippen molar-refractivity contribution in [3.63, 3.8) is 0 Å². The van der Waals surface area contributed by atoms with Crippen molar-refractivity contribution in [2.24, 2.45) is 0 Å². The van der Waals surface area contributed by atoms with Crippen molar-refractivity contribution in [2.75, 3.05) is 39.3 Å². The van der Waals surface area contributed by atoms with Crippen LogP contribution in [0, 0.1) is 0 Å². The van der Waals surface area contributed by atoms with Gasteiger partial charge in [-0.15, -0.1) is 0 Å². The summed E-state index contributed by atoms with van der Waals surface area (Å²) in [6.07, 6.45) is 9.23. The maximum atomic E-state index is 12.4. The predicted molar refractivity (Wildman–Crippen MR) is 113 cm³/mol. The molecule has 6 heteroatoms. The summed E-state index contributed by atoms with van der Waals surface area (Å²) in [5.74, 6) is -0.0847. The van der Waals surface area contributed by atoms with Crippen LogP contribution in [0.5, 0.6) is 0 Å². The first kappa shape index (κ1) is 19.4. The van der Waals surface area contributed by atoms with Crippen molar-refractivity contribution in [2.45, 2.75) is 51.0 Å². The highest BCUT2D eigenvalue weighted by Gasteiger charge is 2.24. The van der Waals surface area contributed by atoms with Crippen LogP contribution in [0.25, 0.3) is 10.9 Å². The minimum atomic E-state index is -0.0847. The SMILES string of the molecule is O=C(NCCCCN1CCN(C2CCCCC2)CC1)c1n[nH]c2ccccc12. The number of hydrogen-bond acceptors (Lipinski definition) is 4.